The van der Waals surface area contributed by atoms with Crippen LogP contribution in [0.1, 0.15) is 26.7 Å². The van der Waals surface area contributed by atoms with Crippen LogP contribution in [0.25, 0.3) is 0 Å². The summed E-state index contributed by atoms with van der Waals surface area (Å²) >= 11 is 0. The molecule has 2 heterocycles. The molecule has 11 nitrogen and oxygen atoms in total. The first-order chi connectivity index (χ1) is 13.3. The maximum Gasteiger partial charge on any atom is 0.407 e. The molecule has 2 unspecified atom stereocenters. The number of amides is 2. The van der Waals surface area contributed by atoms with E-state index in [9.17, 15) is 26.4 Å². The zero-order valence-corrected chi connectivity index (χ0v) is 18.2. The van der Waals surface area contributed by atoms with Gasteiger partial charge in [-0.2, -0.15) is 0 Å². The molecule has 0 saturated carbocycles. The Morgan fingerprint density at radius 2 is 1.14 bits per heavy atom. The third kappa shape index (κ3) is 7.97. The number of carbonyl (C=O) groups is 2. The van der Waals surface area contributed by atoms with E-state index < -0.39 is 42.9 Å². The summed E-state index contributed by atoms with van der Waals surface area (Å²) < 4.78 is 61.1. The van der Waals surface area contributed by atoms with E-state index in [1.165, 1.54) is 0 Å². The standard InChI is InChI=1S/C16H28N2O9S2/c1-15(3-9-28(21,22)11-15)17-13(19)26-7-5-25-6-8-27-14(20)18-16(2)4-10-29(23,24)12-16/h3-12H2,1-2H3,(H,17,19)(H,18,20). The highest BCUT2D eigenvalue weighted by atomic mass is 32.2. The maximum absolute atomic E-state index is 11.7. The fourth-order valence-electron chi connectivity index (χ4n) is 3.27. The second kappa shape index (κ2) is 9.04. The molecular formula is C16H28N2O9S2. The van der Waals surface area contributed by atoms with Gasteiger partial charge in [0.15, 0.2) is 19.7 Å². The smallest absolute Gasteiger partial charge is 0.407 e. The number of hydrogen-bond donors (Lipinski definition) is 2. The van der Waals surface area contributed by atoms with Crippen LogP contribution in [0.4, 0.5) is 9.59 Å². The molecule has 0 aromatic heterocycles. The molecule has 0 radical (unpaired) electrons. The summed E-state index contributed by atoms with van der Waals surface area (Å²) in [7, 11) is -6.26. The first kappa shape index (κ1) is 23.7. The van der Waals surface area contributed by atoms with E-state index in [4.69, 9.17) is 14.2 Å². The molecular weight excluding hydrogens is 428 g/mol. The van der Waals surface area contributed by atoms with Gasteiger partial charge < -0.3 is 24.8 Å². The third-order valence-corrected chi connectivity index (χ3v) is 8.54. The molecule has 13 heteroatoms. The molecule has 168 valence electrons. The number of sulfone groups is 2. The lowest BCUT2D eigenvalue weighted by Gasteiger charge is -2.23. The summed E-state index contributed by atoms with van der Waals surface area (Å²) in [6, 6.07) is 0. The summed E-state index contributed by atoms with van der Waals surface area (Å²) in [4.78, 5) is 23.5. The van der Waals surface area contributed by atoms with Crippen molar-refractivity contribution < 1.29 is 40.6 Å². The fourth-order valence-corrected chi connectivity index (χ4v) is 7.46. The zero-order valence-electron chi connectivity index (χ0n) is 16.6. The minimum absolute atomic E-state index is 0.0371. The Hall–Kier alpha value is -1.60. The molecule has 2 fully saturated rings. The second-order valence-corrected chi connectivity index (χ2v) is 12.3. The third-order valence-electron chi connectivity index (χ3n) is 4.74. The lowest BCUT2D eigenvalue weighted by atomic mass is 10.0. The van der Waals surface area contributed by atoms with Crippen molar-refractivity contribution in [3.63, 3.8) is 0 Å². The van der Waals surface area contributed by atoms with E-state index in [0.717, 1.165) is 0 Å². The van der Waals surface area contributed by atoms with Gasteiger partial charge in [-0.1, -0.05) is 0 Å². The lowest BCUT2D eigenvalue weighted by molar-refractivity contribution is 0.0430. The molecule has 2 N–H and O–H groups in total. The van der Waals surface area contributed by atoms with Crippen LogP contribution in [0.3, 0.4) is 0 Å². The molecule has 0 aromatic rings. The number of hydrogen-bond acceptors (Lipinski definition) is 9. The highest BCUT2D eigenvalue weighted by Crippen LogP contribution is 2.23. The first-order valence-corrected chi connectivity index (χ1v) is 12.8. The molecule has 0 bridgehead atoms. The Morgan fingerprint density at radius 3 is 1.45 bits per heavy atom. The molecule has 2 atom stereocenters. The van der Waals surface area contributed by atoms with E-state index >= 15 is 0 Å². The Balaban J connectivity index is 1.52. The van der Waals surface area contributed by atoms with Crippen molar-refractivity contribution in [1.29, 1.82) is 0 Å². The van der Waals surface area contributed by atoms with Gasteiger partial charge in [-0.25, -0.2) is 26.4 Å². The predicted molar refractivity (Wildman–Crippen MR) is 103 cm³/mol. The molecule has 29 heavy (non-hydrogen) atoms. The summed E-state index contributed by atoms with van der Waals surface area (Å²) in [6.45, 7) is 3.36. The molecule has 2 aliphatic heterocycles. The van der Waals surface area contributed by atoms with Gasteiger partial charge in [0.05, 0.1) is 47.3 Å². The van der Waals surface area contributed by atoms with Crippen molar-refractivity contribution in [1.82, 2.24) is 10.6 Å². The number of carbonyl (C=O) groups excluding carboxylic acids is 2. The van der Waals surface area contributed by atoms with Gasteiger partial charge in [-0.05, 0) is 26.7 Å². The van der Waals surface area contributed by atoms with Gasteiger partial charge in [0, 0.05) is 0 Å². The van der Waals surface area contributed by atoms with Crippen molar-refractivity contribution in [3.8, 4) is 0 Å². The highest BCUT2D eigenvalue weighted by molar-refractivity contribution is 7.92. The Kier molecular flexibility index (Phi) is 7.38. The van der Waals surface area contributed by atoms with Crippen molar-refractivity contribution in [2.45, 2.75) is 37.8 Å². The molecule has 2 aliphatic rings. The highest BCUT2D eigenvalue weighted by Gasteiger charge is 2.40. The Morgan fingerprint density at radius 1 is 0.759 bits per heavy atom. The maximum atomic E-state index is 11.7. The van der Waals surface area contributed by atoms with Crippen molar-refractivity contribution in [3.05, 3.63) is 0 Å². The van der Waals surface area contributed by atoms with Crippen molar-refractivity contribution in [2.75, 3.05) is 49.4 Å². The van der Waals surface area contributed by atoms with Gasteiger partial charge in [-0.15, -0.1) is 0 Å². The van der Waals surface area contributed by atoms with Crippen molar-refractivity contribution in [2.24, 2.45) is 0 Å². The average Bonchev–Trinajstić information content (AvgIpc) is 3.00. The van der Waals surface area contributed by atoms with Gasteiger partial charge in [0.25, 0.3) is 0 Å². The molecule has 0 spiro atoms. The van der Waals surface area contributed by atoms with Gasteiger partial charge in [-0.3, -0.25) is 0 Å². The van der Waals surface area contributed by atoms with Crippen LogP contribution in [0, 0.1) is 0 Å². The predicted octanol–water partition coefficient (Wildman–Crippen LogP) is -0.390. The Bertz CT molecular complexity index is 759. The van der Waals surface area contributed by atoms with Crippen LogP contribution in [-0.2, 0) is 33.9 Å². The van der Waals surface area contributed by atoms with Crippen LogP contribution < -0.4 is 10.6 Å². The van der Waals surface area contributed by atoms with E-state index in [1.54, 1.807) is 13.8 Å². The number of nitrogens with one attached hydrogen (secondary N) is 2. The number of ether oxygens (including phenoxy) is 3. The summed E-state index contributed by atoms with van der Waals surface area (Å²) in [6.07, 6.45) is -0.761. The van der Waals surface area contributed by atoms with Crippen LogP contribution in [0.5, 0.6) is 0 Å². The lowest BCUT2D eigenvalue weighted by Crippen LogP contribution is -2.47. The van der Waals surface area contributed by atoms with Gasteiger partial charge in [0.1, 0.15) is 13.2 Å². The molecule has 2 saturated heterocycles. The van der Waals surface area contributed by atoms with Crippen LogP contribution in [0.2, 0.25) is 0 Å². The monoisotopic (exact) mass is 456 g/mol. The van der Waals surface area contributed by atoms with Crippen LogP contribution in [-0.4, -0.2) is 89.5 Å². The van der Waals surface area contributed by atoms with Crippen LogP contribution >= 0.6 is 0 Å². The van der Waals surface area contributed by atoms with E-state index in [0.29, 0.717) is 12.8 Å². The van der Waals surface area contributed by atoms with E-state index in [1.807, 2.05) is 0 Å². The van der Waals surface area contributed by atoms with Gasteiger partial charge >= 0.3 is 12.2 Å². The second-order valence-electron chi connectivity index (χ2n) is 7.94. The van der Waals surface area contributed by atoms with Gasteiger partial charge in [0.2, 0.25) is 0 Å². The number of alkyl carbamates (subject to hydrolysis) is 2. The van der Waals surface area contributed by atoms with Crippen molar-refractivity contribution >= 4 is 31.9 Å². The fraction of sp³-hybridized carbons (Fsp3) is 0.875. The Labute approximate surface area is 170 Å². The minimum Gasteiger partial charge on any atom is -0.447 e. The molecule has 0 aromatic carbocycles. The molecule has 2 amide bonds. The minimum atomic E-state index is -3.13. The average molecular weight is 457 g/mol. The normalized spacial score (nSPS) is 29.9. The number of rotatable bonds is 8. The summed E-state index contributed by atoms with van der Waals surface area (Å²) in [5.41, 5.74) is -1.65. The van der Waals surface area contributed by atoms with Crippen LogP contribution in [0.15, 0.2) is 0 Å². The first-order valence-electron chi connectivity index (χ1n) is 9.21. The SMILES string of the molecule is CC1(NC(=O)OCCOCCOC(=O)NC2(C)CCS(=O)(=O)C2)CCS(=O)(=O)C1. The molecule has 0 aliphatic carbocycles. The topological polar surface area (TPSA) is 154 Å². The largest absolute Gasteiger partial charge is 0.447 e. The quantitative estimate of drug-likeness (QED) is 0.465. The summed E-state index contributed by atoms with van der Waals surface area (Å²) in [5.74, 6) is -0.156. The van der Waals surface area contributed by atoms with E-state index in [-0.39, 0.29) is 49.4 Å². The summed E-state index contributed by atoms with van der Waals surface area (Å²) in [5, 5.41) is 5.11. The van der Waals surface area contributed by atoms with E-state index in [2.05, 4.69) is 10.6 Å². The zero-order chi connectivity index (χ0) is 21.8. The molecule has 2 rings (SSSR count).